The quantitative estimate of drug-likeness (QED) is 0.0222. The number of rotatable bonds is 27. The number of ether oxygens (including phenoxy) is 4. The molecule has 15 rings (SSSR count). The van der Waals surface area contributed by atoms with E-state index < -0.39 is 103 Å². The number of nitrogen functional groups attached to an aromatic ring is 1. The molecule has 776 valence electrons. The molecule has 11 aromatic rings. The zero-order chi connectivity index (χ0) is 107. The molecule has 44 heteroatoms. The van der Waals surface area contributed by atoms with Crippen LogP contribution in [0.3, 0.4) is 0 Å². The number of nitrogens with zero attached hydrogens (tertiary/aromatic N) is 11. The number of methoxy groups -OCH3 is 3. The molecule has 0 saturated carbocycles. The van der Waals surface area contributed by atoms with E-state index in [-0.39, 0.29) is 119 Å². The predicted molar refractivity (Wildman–Crippen MR) is 549 cm³/mol. The number of nitrogens with two attached hydrogens (primary N) is 1. The highest BCUT2D eigenvalue weighted by Gasteiger charge is 2.45. The van der Waals surface area contributed by atoms with Gasteiger partial charge < -0.3 is 59.9 Å². The van der Waals surface area contributed by atoms with Crippen molar-refractivity contribution in [1.29, 1.82) is 0 Å². The summed E-state index contributed by atoms with van der Waals surface area (Å²) < 4.78 is 161. The van der Waals surface area contributed by atoms with Gasteiger partial charge in [-0.3, -0.25) is 28.8 Å². The lowest BCUT2D eigenvalue weighted by atomic mass is 9.97. The van der Waals surface area contributed by atoms with Crippen LogP contribution in [0.4, 0.5) is 55.2 Å². The number of H-pyrrole nitrogens is 1. The maximum absolute atomic E-state index is 14.4. The summed E-state index contributed by atoms with van der Waals surface area (Å²) in [7, 11) is -13.2. The van der Waals surface area contributed by atoms with Crippen molar-refractivity contribution >= 4 is 122 Å². The lowest BCUT2D eigenvalue weighted by Crippen LogP contribution is -2.41. The van der Waals surface area contributed by atoms with Gasteiger partial charge in [0.15, 0.2) is 26.5 Å². The summed E-state index contributed by atoms with van der Waals surface area (Å²) in [6, 6.07) is 40.2. The van der Waals surface area contributed by atoms with Gasteiger partial charge in [-0.05, 0) is 278 Å². The number of aromatic amines is 1. The number of aryl methyl sites for hydroxylation is 1. The summed E-state index contributed by atoms with van der Waals surface area (Å²) in [5.41, 5.74) is 7.04. The number of carbonyl (C=O) groups excluding carboxylic acids is 6. The van der Waals surface area contributed by atoms with Gasteiger partial charge in [-0.1, -0.05) is 45.9 Å². The lowest BCUT2D eigenvalue weighted by Gasteiger charge is -2.34. The van der Waals surface area contributed by atoms with Crippen LogP contribution in [-0.4, -0.2) is 191 Å². The van der Waals surface area contributed by atoms with Gasteiger partial charge in [0, 0.05) is 103 Å². The Morgan fingerprint density at radius 1 is 0.479 bits per heavy atom. The van der Waals surface area contributed by atoms with Gasteiger partial charge >= 0.3 is 11.9 Å². The second kappa shape index (κ2) is 44.5. The third-order valence-corrected chi connectivity index (χ3v) is 29.7. The molecule has 9 N–H and O–H groups in total. The van der Waals surface area contributed by atoms with Crippen LogP contribution >= 0.6 is 0 Å². The fraction of sp³-hybridized carbons (Fsp3) is 0.373. The molecule has 2 unspecified atom stereocenters. The summed E-state index contributed by atoms with van der Waals surface area (Å²) in [4.78, 5) is 128. The minimum absolute atomic E-state index is 0.0294. The van der Waals surface area contributed by atoms with Crippen molar-refractivity contribution in [2.75, 3.05) is 90.0 Å². The van der Waals surface area contributed by atoms with E-state index in [4.69, 9.17) is 29.7 Å². The summed E-state index contributed by atoms with van der Waals surface area (Å²) in [6.45, 7) is 35.0. The first-order chi connectivity index (χ1) is 68.4. The summed E-state index contributed by atoms with van der Waals surface area (Å²) in [5.74, 6) is -2.32. The monoisotopic (exact) mass is 2080 g/mol. The molecule has 38 nitrogen and oxygen atoms in total. The van der Waals surface area contributed by atoms with E-state index >= 15 is 0 Å². The molecule has 8 aromatic heterocycles. The maximum Gasteiger partial charge on any atom is 0.337 e. The highest BCUT2D eigenvalue weighted by molar-refractivity contribution is 7.91. The molecule has 12 heterocycles. The molecule has 0 bridgehead atoms. The molecule has 4 aliphatic heterocycles. The van der Waals surface area contributed by atoms with Crippen molar-refractivity contribution in [3.63, 3.8) is 0 Å². The Labute approximate surface area is 847 Å². The number of carbonyl (C=O) groups is 6. The number of aromatic nitrogens is 8. The van der Waals surface area contributed by atoms with Gasteiger partial charge in [0.1, 0.15) is 62.8 Å². The number of hydrogen-bond donors (Lipinski definition) is 8. The summed E-state index contributed by atoms with van der Waals surface area (Å²) >= 11 is 0. The number of benzene rings is 3. The van der Waals surface area contributed by atoms with Gasteiger partial charge in [-0.25, -0.2) is 84.2 Å². The minimum atomic E-state index is -4.51. The van der Waals surface area contributed by atoms with Crippen LogP contribution in [0.1, 0.15) is 193 Å². The Morgan fingerprint density at radius 3 is 1.37 bits per heavy atom. The third-order valence-electron chi connectivity index (χ3n) is 24.5. The largest absolute Gasteiger partial charge is 0.497 e. The van der Waals surface area contributed by atoms with Crippen LogP contribution in [0.2, 0.25) is 0 Å². The van der Waals surface area contributed by atoms with E-state index in [2.05, 4.69) is 127 Å². The van der Waals surface area contributed by atoms with E-state index in [0.29, 0.717) is 77.9 Å². The van der Waals surface area contributed by atoms with Gasteiger partial charge in [-0.2, -0.15) is 16.8 Å². The number of halogens is 2. The number of esters is 2. The zero-order valence-electron chi connectivity index (χ0n) is 84.4. The normalized spacial score (nSPS) is 17.1. The molecule has 3 aromatic carbocycles. The molecular weight excluding hydrogens is 1960 g/mol. The number of amides is 4. The zero-order valence-corrected chi connectivity index (χ0v) is 87.7. The first-order valence-electron chi connectivity index (χ1n) is 46.7. The Hall–Kier alpha value is -14.7. The van der Waals surface area contributed by atoms with Crippen molar-refractivity contribution in [1.82, 2.24) is 58.8 Å². The predicted octanol–water partition coefficient (Wildman–Crippen LogP) is 14.4. The van der Waals surface area contributed by atoms with Gasteiger partial charge in [0.05, 0.1) is 67.0 Å². The fourth-order valence-corrected chi connectivity index (χ4v) is 22.5. The number of pyridine rings is 8. The highest BCUT2D eigenvalue weighted by atomic mass is 32.2. The number of hydrogen-bond acceptors (Lipinski definition) is 33. The minimum Gasteiger partial charge on any atom is -0.497 e. The fourth-order valence-electron chi connectivity index (χ4n) is 18.5. The average molecular weight is 2080 g/mol. The van der Waals surface area contributed by atoms with Gasteiger partial charge in [0.2, 0.25) is 0 Å². The molecule has 146 heavy (non-hydrogen) atoms. The second-order valence-corrected chi connectivity index (χ2v) is 46.2. The van der Waals surface area contributed by atoms with Gasteiger partial charge in [-0.15, -0.1) is 0 Å². The number of anilines is 8. The van der Waals surface area contributed by atoms with E-state index in [1.54, 1.807) is 113 Å². The molecule has 4 saturated heterocycles. The van der Waals surface area contributed by atoms with E-state index in [1.165, 1.54) is 81.2 Å². The van der Waals surface area contributed by atoms with Crippen molar-refractivity contribution in [3.8, 4) is 34.0 Å². The van der Waals surface area contributed by atoms with Crippen molar-refractivity contribution < 1.29 is 90.2 Å². The van der Waals surface area contributed by atoms with Crippen LogP contribution in [-0.2, 0) is 54.4 Å². The SMILES string of the molecule is CC1CN(c2ncccc2C(=O)NS(=O)(=O)c2cccc(NCCC(=O)OC(C)(C)C)n2)C(C)(C)C1.COC(=O)c1cccc(Nc2cccc(S(=O)(=O)NC(=O)c3cccnc3N3CC(C)CC3(C)C)n2)c1.COc1c(F)cc(F)cc1-c1ccc(C(=O)NS(=O)(=O)c2ccc[nH]c2=O)c(N2C[C@@H](C)CC2(C)C)n1.COc1ccc(-c2ccc(C(=O)NS(=O)(=O)c3cccnc3N)c(N3C[C@@H](C)CC3(C)C)n2)c(C)c1. The third kappa shape index (κ3) is 26.5. The topological polar surface area (TPSA) is 510 Å². The molecule has 4 aliphatic rings. The van der Waals surface area contributed by atoms with Crippen LogP contribution < -0.4 is 69.9 Å². The Balaban J connectivity index is 0.000000173. The van der Waals surface area contributed by atoms with Gasteiger partial charge in [0.25, 0.3) is 69.3 Å². The molecule has 0 spiro atoms. The van der Waals surface area contributed by atoms with E-state index in [0.717, 1.165) is 61.2 Å². The number of nitrogens with one attached hydrogen (secondary N) is 7. The molecule has 4 atom stereocenters. The number of sulfonamides is 4. The molecule has 4 amide bonds. The summed E-state index contributed by atoms with van der Waals surface area (Å²) in [6.07, 6.45) is 9.44. The van der Waals surface area contributed by atoms with Crippen LogP contribution in [0, 0.1) is 42.2 Å². The second-order valence-electron chi connectivity index (χ2n) is 39.6. The van der Waals surface area contributed by atoms with Crippen molar-refractivity contribution in [2.24, 2.45) is 23.7 Å². The van der Waals surface area contributed by atoms with Crippen LogP contribution in [0.15, 0.2) is 213 Å². The molecular formula is C102H121F2N19O19S4. The first kappa shape index (κ1) is 110. The Morgan fingerprint density at radius 2 is 0.918 bits per heavy atom. The average Bonchev–Trinajstić information content (AvgIpc) is 1.33. The molecule has 0 aliphatic carbocycles. The van der Waals surface area contributed by atoms with Crippen molar-refractivity contribution in [3.05, 3.63) is 244 Å². The standard InChI is InChI=1S/C26H29N5O5S.C26H31N5O4S.C25H26F2N4O5S.C25H35N5O5S/c1-17-15-26(2,3)31(16-17)23-20(10-7-13-27-23)24(32)30-37(34,35)22-12-6-11-21(29-22)28-19-9-5-8-18(14-19)25(33)36-4;1-16-14-26(3,4)31(15-16)24-20(25(32)30-36(33,34)22-7-6-12-28-23(22)27)10-11-21(29-24)19-9-8-18(35-5)13-17(19)2;1-14-12-25(2,3)31(13-14)22-16(23(32)30-37(34,35)20-6-5-9-28-24(20)33)7-8-19(29-22)17-10-15(26)11-18(27)21(17)36-4;1-17-15-25(5,6)30(16-17)22-18(9-8-13-27-22)23(32)29-36(33,34)20-11-7-10-19(28-20)26-14-12-21(31)35-24(2,3)4/h5-14,17H,15-16H2,1-4H3,(H,28,29)(H,30,32);6-13,16H,14-15H2,1-5H3,(H2,27,28)(H,30,32);5-11,14H,12-13H2,1-4H3,(H,28,33)(H,30,32);7-11,13,17H,12,14-16H2,1-6H3,(H,26,28)(H,29,32)/t;16-;14-;/m.00./s1. The van der Waals surface area contributed by atoms with E-state index in [9.17, 15) is 76.0 Å². The Bertz CT molecular complexity index is 7340. The Kier molecular flexibility index (Phi) is 33.6. The van der Waals surface area contributed by atoms with Crippen molar-refractivity contribution in [2.45, 2.75) is 190 Å². The smallest absolute Gasteiger partial charge is 0.337 e. The lowest BCUT2D eigenvalue weighted by molar-refractivity contribution is -0.154. The molecule has 0 radical (unpaired) electrons. The van der Waals surface area contributed by atoms with E-state index in [1.807, 2.05) is 65.3 Å². The maximum atomic E-state index is 14.4. The summed E-state index contributed by atoms with van der Waals surface area (Å²) in [5, 5.41) is 5.22. The van der Waals surface area contributed by atoms with Crippen LogP contribution in [0.25, 0.3) is 22.5 Å². The first-order valence-corrected chi connectivity index (χ1v) is 52.6. The highest BCUT2D eigenvalue weighted by Crippen LogP contribution is 2.45. The van der Waals surface area contributed by atoms with Crippen LogP contribution in [0.5, 0.6) is 11.5 Å². The molecule has 4 fully saturated rings.